The minimum Gasteiger partial charge on any atom is -0.338 e. The number of hydrogen-bond donors (Lipinski definition) is 1. The van der Waals surface area contributed by atoms with E-state index in [9.17, 15) is 13.2 Å². The number of urea groups is 1. The smallest absolute Gasteiger partial charge is 0.321 e. The summed E-state index contributed by atoms with van der Waals surface area (Å²) in [6.45, 7) is 8.66. The van der Waals surface area contributed by atoms with Crippen LogP contribution in [-0.2, 0) is 16.4 Å². The second kappa shape index (κ2) is 7.31. The third-order valence-corrected chi connectivity index (χ3v) is 6.83. The molecule has 1 N–H and O–H groups in total. The van der Waals surface area contributed by atoms with Crippen LogP contribution in [0, 0.1) is 0 Å². The van der Waals surface area contributed by atoms with E-state index in [4.69, 9.17) is 0 Å². The molecule has 2 aliphatic rings. The number of piperazine rings is 1. The van der Waals surface area contributed by atoms with Crippen LogP contribution in [0.3, 0.4) is 0 Å². The molecule has 138 valence electrons. The first-order valence-electron chi connectivity index (χ1n) is 8.88. The van der Waals surface area contributed by atoms with Crippen LogP contribution in [-0.4, -0.2) is 69.5 Å². The Balaban J connectivity index is 1.79. The molecule has 0 spiro atoms. The number of anilines is 1. The number of benzene rings is 1. The molecule has 1 aromatic carbocycles. The normalized spacial score (nSPS) is 19.0. The zero-order chi connectivity index (χ0) is 18.0. The third kappa shape index (κ3) is 3.51. The Morgan fingerprint density at radius 3 is 2.48 bits per heavy atom. The van der Waals surface area contributed by atoms with E-state index >= 15 is 0 Å². The highest BCUT2D eigenvalue weighted by molar-refractivity contribution is 7.89. The van der Waals surface area contributed by atoms with Crippen molar-refractivity contribution in [3.63, 3.8) is 0 Å². The zero-order valence-corrected chi connectivity index (χ0v) is 15.7. The maximum absolute atomic E-state index is 12.9. The Labute approximate surface area is 149 Å². The van der Waals surface area contributed by atoms with Crippen LogP contribution in [0.4, 0.5) is 10.5 Å². The van der Waals surface area contributed by atoms with Gasteiger partial charge >= 0.3 is 6.03 Å². The van der Waals surface area contributed by atoms with Crippen molar-refractivity contribution in [1.82, 2.24) is 14.5 Å². The Morgan fingerprint density at radius 2 is 1.84 bits per heavy atom. The summed E-state index contributed by atoms with van der Waals surface area (Å²) in [5, 5.41) is 2.79. The summed E-state index contributed by atoms with van der Waals surface area (Å²) < 4.78 is 27.4. The highest BCUT2D eigenvalue weighted by Gasteiger charge is 2.30. The molecule has 0 atom stereocenters. The summed E-state index contributed by atoms with van der Waals surface area (Å²) in [5.41, 5.74) is 1.72. The van der Waals surface area contributed by atoms with Crippen LogP contribution in [0.1, 0.15) is 19.4 Å². The van der Waals surface area contributed by atoms with Crippen molar-refractivity contribution in [1.29, 1.82) is 0 Å². The SMILES string of the molecule is CCNC(=O)N1CCc2cc(S(=O)(=O)N3CCN(CC)CC3)ccc21. The molecule has 25 heavy (non-hydrogen) atoms. The molecule has 1 fully saturated rings. The Morgan fingerprint density at radius 1 is 1.12 bits per heavy atom. The van der Waals surface area contributed by atoms with E-state index < -0.39 is 10.0 Å². The van der Waals surface area contributed by atoms with Gasteiger partial charge in [-0.25, -0.2) is 13.2 Å². The van der Waals surface area contributed by atoms with E-state index in [1.807, 2.05) is 6.92 Å². The van der Waals surface area contributed by atoms with Crippen LogP contribution < -0.4 is 10.2 Å². The van der Waals surface area contributed by atoms with Gasteiger partial charge in [-0.2, -0.15) is 4.31 Å². The second-order valence-corrected chi connectivity index (χ2v) is 8.30. The molecule has 2 aliphatic heterocycles. The van der Waals surface area contributed by atoms with Gasteiger partial charge in [0.2, 0.25) is 10.0 Å². The van der Waals surface area contributed by atoms with Crippen LogP contribution in [0.5, 0.6) is 0 Å². The maximum Gasteiger partial charge on any atom is 0.321 e. The average molecular weight is 366 g/mol. The van der Waals surface area contributed by atoms with Crippen molar-refractivity contribution in [2.75, 3.05) is 50.7 Å². The Bertz CT molecular complexity index is 742. The molecular formula is C17H26N4O3S. The monoisotopic (exact) mass is 366 g/mol. The summed E-state index contributed by atoms with van der Waals surface area (Å²) in [7, 11) is -3.48. The molecule has 0 saturated carbocycles. The molecule has 2 heterocycles. The van der Waals surface area contributed by atoms with E-state index in [2.05, 4.69) is 17.1 Å². The number of hydrogen-bond acceptors (Lipinski definition) is 4. The predicted octanol–water partition coefficient (Wildman–Crippen LogP) is 1.10. The van der Waals surface area contributed by atoms with Crippen LogP contribution in [0.25, 0.3) is 0 Å². The maximum atomic E-state index is 12.9. The number of nitrogens with one attached hydrogen (secondary N) is 1. The minimum atomic E-state index is -3.48. The number of carbonyl (C=O) groups excluding carboxylic acids is 1. The lowest BCUT2D eigenvalue weighted by Crippen LogP contribution is -2.48. The summed E-state index contributed by atoms with van der Waals surface area (Å²) in [6, 6.07) is 4.98. The summed E-state index contributed by atoms with van der Waals surface area (Å²) in [5.74, 6) is 0. The van der Waals surface area contributed by atoms with Gasteiger partial charge < -0.3 is 10.2 Å². The molecule has 8 heteroatoms. The fourth-order valence-electron chi connectivity index (χ4n) is 3.43. The largest absolute Gasteiger partial charge is 0.338 e. The Hall–Kier alpha value is -1.64. The molecule has 0 unspecified atom stereocenters. The van der Waals surface area contributed by atoms with E-state index in [1.54, 1.807) is 27.4 Å². The predicted molar refractivity (Wildman–Crippen MR) is 97.4 cm³/mol. The minimum absolute atomic E-state index is 0.132. The van der Waals surface area contributed by atoms with Crippen molar-refractivity contribution < 1.29 is 13.2 Å². The summed E-state index contributed by atoms with van der Waals surface area (Å²) in [6.07, 6.45) is 0.680. The quantitative estimate of drug-likeness (QED) is 0.866. The lowest BCUT2D eigenvalue weighted by Gasteiger charge is -2.33. The van der Waals surface area contributed by atoms with E-state index in [1.165, 1.54) is 0 Å². The molecule has 1 saturated heterocycles. The average Bonchev–Trinajstić information content (AvgIpc) is 3.05. The number of carbonyl (C=O) groups is 1. The number of nitrogens with zero attached hydrogens (tertiary/aromatic N) is 3. The zero-order valence-electron chi connectivity index (χ0n) is 14.9. The van der Waals surface area contributed by atoms with Gasteiger partial charge in [-0.3, -0.25) is 4.90 Å². The lowest BCUT2D eigenvalue weighted by molar-refractivity contribution is 0.196. The summed E-state index contributed by atoms with van der Waals surface area (Å²) in [4.78, 5) is 16.3. The molecule has 0 bridgehead atoms. The van der Waals surface area contributed by atoms with Gasteiger partial charge in [-0.05, 0) is 43.7 Å². The second-order valence-electron chi connectivity index (χ2n) is 6.37. The van der Waals surface area contributed by atoms with Gasteiger partial charge in [0, 0.05) is 45.0 Å². The van der Waals surface area contributed by atoms with E-state index in [0.29, 0.717) is 37.5 Å². The van der Waals surface area contributed by atoms with E-state index in [-0.39, 0.29) is 6.03 Å². The number of sulfonamides is 1. The van der Waals surface area contributed by atoms with Gasteiger partial charge in [-0.1, -0.05) is 6.92 Å². The molecular weight excluding hydrogens is 340 g/mol. The van der Waals surface area contributed by atoms with Crippen molar-refractivity contribution in [3.8, 4) is 0 Å². The fourth-order valence-corrected chi connectivity index (χ4v) is 4.90. The lowest BCUT2D eigenvalue weighted by atomic mass is 10.2. The number of likely N-dealkylation sites (N-methyl/N-ethyl adjacent to an activating group) is 1. The molecule has 0 radical (unpaired) electrons. The third-order valence-electron chi connectivity index (χ3n) is 4.94. The van der Waals surface area contributed by atoms with Crippen molar-refractivity contribution in [2.45, 2.75) is 25.2 Å². The first kappa shape index (κ1) is 18.2. The number of rotatable bonds is 4. The van der Waals surface area contributed by atoms with Gasteiger partial charge in [0.05, 0.1) is 4.90 Å². The van der Waals surface area contributed by atoms with Crippen LogP contribution in [0.15, 0.2) is 23.1 Å². The molecule has 2 amide bonds. The Kier molecular flexibility index (Phi) is 5.31. The van der Waals surface area contributed by atoms with Gasteiger partial charge in [0.25, 0.3) is 0 Å². The highest BCUT2D eigenvalue weighted by Crippen LogP contribution is 2.31. The molecule has 3 rings (SSSR count). The number of amides is 2. The van der Waals surface area contributed by atoms with Crippen LogP contribution >= 0.6 is 0 Å². The molecule has 0 aliphatic carbocycles. The van der Waals surface area contributed by atoms with Crippen molar-refractivity contribution >= 4 is 21.7 Å². The molecule has 0 aromatic heterocycles. The van der Waals surface area contributed by atoms with Gasteiger partial charge in [0.15, 0.2) is 0 Å². The summed E-state index contributed by atoms with van der Waals surface area (Å²) >= 11 is 0. The molecule has 1 aromatic rings. The van der Waals surface area contributed by atoms with Crippen molar-refractivity contribution in [2.24, 2.45) is 0 Å². The first-order valence-corrected chi connectivity index (χ1v) is 10.3. The topological polar surface area (TPSA) is 73.0 Å². The van der Waals surface area contributed by atoms with E-state index in [0.717, 1.165) is 30.9 Å². The van der Waals surface area contributed by atoms with Gasteiger partial charge in [-0.15, -0.1) is 0 Å². The molecule has 7 nitrogen and oxygen atoms in total. The van der Waals surface area contributed by atoms with Gasteiger partial charge in [0.1, 0.15) is 0 Å². The number of fused-ring (bicyclic) bond motifs is 1. The first-order chi connectivity index (χ1) is 12.0. The standard InChI is InChI=1S/C17H26N4O3S/c1-3-18-17(22)21-8-7-14-13-15(5-6-16(14)21)25(23,24)20-11-9-19(4-2)10-12-20/h5-6,13H,3-4,7-12H2,1-2H3,(H,18,22). The van der Waals surface area contributed by atoms with Crippen LogP contribution in [0.2, 0.25) is 0 Å². The fraction of sp³-hybridized carbons (Fsp3) is 0.588. The van der Waals surface area contributed by atoms with Crippen molar-refractivity contribution in [3.05, 3.63) is 23.8 Å². The highest BCUT2D eigenvalue weighted by atomic mass is 32.2.